The Kier molecular flexibility index (Phi) is 6.68. The molecule has 1 unspecified atom stereocenters. The number of carbonyl (C=O) groups excluding carboxylic acids is 1. The first-order valence-corrected chi connectivity index (χ1v) is 5.82. The van der Waals surface area contributed by atoms with Crippen molar-refractivity contribution in [2.24, 2.45) is 0 Å². The van der Waals surface area contributed by atoms with Crippen molar-refractivity contribution >= 4 is 17.6 Å². The highest BCUT2D eigenvalue weighted by Crippen LogP contribution is 2.21. The summed E-state index contributed by atoms with van der Waals surface area (Å²) in [5.74, 6) is -0.282. The van der Waals surface area contributed by atoms with Crippen molar-refractivity contribution in [3.8, 4) is 0 Å². The summed E-state index contributed by atoms with van der Waals surface area (Å²) in [7, 11) is 0. The minimum absolute atomic E-state index is 0.274. The number of halogens is 1. The fourth-order valence-electron chi connectivity index (χ4n) is 1.11. The summed E-state index contributed by atoms with van der Waals surface area (Å²) < 4.78 is 4.79. The van der Waals surface area contributed by atoms with Gasteiger partial charge in [-0.1, -0.05) is 5.57 Å². The first kappa shape index (κ1) is 15.5. The molecule has 0 aliphatic rings. The van der Waals surface area contributed by atoms with Crippen LogP contribution in [0.25, 0.3) is 0 Å². The van der Waals surface area contributed by atoms with E-state index in [-0.39, 0.29) is 11.3 Å². The zero-order valence-electron chi connectivity index (χ0n) is 10.4. The fraction of sp³-hybridized carbons (Fsp3) is 0.750. The van der Waals surface area contributed by atoms with Crippen molar-refractivity contribution in [2.75, 3.05) is 6.61 Å². The first-order chi connectivity index (χ1) is 7.23. The molecule has 0 heterocycles. The number of hydrogen-bond acceptors (Lipinski definition) is 3. The SMILES string of the molecule is CC(=O)OC/C=C(\C)CCC(Cl)C(C)(C)O. The number of carbonyl (C=O) groups is 1. The third-order valence-corrected chi connectivity index (χ3v) is 3.03. The van der Waals surface area contributed by atoms with E-state index in [1.54, 1.807) is 13.8 Å². The van der Waals surface area contributed by atoms with Gasteiger partial charge in [-0.3, -0.25) is 4.79 Å². The van der Waals surface area contributed by atoms with Crippen LogP contribution in [0.15, 0.2) is 11.6 Å². The summed E-state index contributed by atoms with van der Waals surface area (Å²) in [4.78, 5) is 10.5. The topological polar surface area (TPSA) is 46.5 Å². The number of hydrogen-bond donors (Lipinski definition) is 1. The number of alkyl halides is 1. The van der Waals surface area contributed by atoms with Crippen LogP contribution in [0, 0.1) is 0 Å². The van der Waals surface area contributed by atoms with Crippen LogP contribution in [0.1, 0.15) is 40.5 Å². The largest absolute Gasteiger partial charge is 0.462 e. The molecule has 0 rings (SSSR count). The smallest absolute Gasteiger partial charge is 0.302 e. The number of esters is 1. The molecule has 0 saturated heterocycles. The van der Waals surface area contributed by atoms with Gasteiger partial charge >= 0.3 is 5.97 Å². The minimum atomic E-state index is -0.863. The van der Waals surface area contributed by atoms with E-state index >= 15 is 0 Å². The number of rotatable bonds is 6. The third kappa shape index (κ3) is 7.71. The molecule has 1 atom stereocenters. The highest BCUT2D eigenvalue weighted by Gasteiger charge is 2.23. The second kappa shape index (κ2) is 6.92. The van der Waals surface area contributed by atoms with E-state index in [0.29, 0.717) is 13.0 Å². The van der Waals surface area contributed by atoms with Gasteiger partial charge in [-0.15, -0.1) is 11.6 Å². The second-order valence-electron chi connectivity index (χ2n) is 4.51. The average molecular weight is 249 g/mol. The number of aliphatic hydroxyl groups is 1. The lowest BCUT2D eigenvalue weighted by atomic mass is 9.99. The molecular formula is C12H21ClO3. The van der Waals surface area contributed by atoms with Crippen molar-refractivity contribution in [3.63, 3.8) is 0 Å². The zero-order chi connectivity index (χ0) is 12.8. The van der Waals surface area contributed by atoms with Crippen molar-refractivity contribution in [2.45, 2.75) is 51.5 Å². The van der Waals surface area contributed by atoms with Crippen molar-refractivity contribution in [1.29, 1.82) is 0 Å². The molecule has 4 heteroatoms. The predicted molar refractivity (Wildman–Crippen MR) is 65.6 cm³/mol. The quantitative estimate of drug-likeness (QED) is 0.447. The van der Waals surface area contributed by atoms with Gasteiger partial charge in [0.25, 0.3) is 0 Å². The molecule has 0 aliphatic carbocycles. The Labute approximate surface area is 102 Å². The zero-order valence-corrected chi connectivity index (χ0v) is 11.2. The lowest BCUT2D eigenvalue weighted by Gasteiger charge is -2.23. The first-order valence-electron chi connectivity index (χ1n) is 5.39. The van der Waals surface area contributed by atoms with Gasteiger partial charge in [-0.25, -0.2) is 0 Å². The van der Waals surface area contributed by atoms with Crippen LogP contribution in [0.3, 0.4) is 0 Å². The maximum Gasteiger partial charge on any atom is 0.302 e. The van der Waals surface area contributed by atoms with Crippen molar-refractivity contribution in [3.05, 3.63) is 11.6 Å². The van der Waals surface area contributed by atoms with E-state index in [0.717, 1.165) is 12.0 Å². The Morgan fingerprint density at radius 2 is 2.06 bits per heavy atom. The molecule has 94 valence electrons. The average Bonchev–Trinajstić information content (AvgIpc) is 2.11. The Morgan fingerprint density at radius 3 is 2.50 bits per heavy atom. The third-order valence-electron chi connectivity index (χ3n) is 2.28. The van der Waals surface area contributed by atoms with Gasteiger partial charge in [0.15, 0.2) is 0 Å². The van der Waals surface area contributed by atoms with Crippen LogP contribution in [0.2, 0.25) is 0 Å². The summed E-state index contributed by atoms with van der Waals surface area (Å²) in [6.45, 7) is 7.03. The Hall–Kier alpha value is -0.540. The van der Waals surface area contributed by atoms with Gasteiger partial charge in [0.05, 0.1) is 11.0 Å². The molecule has 0 aromatic carbocycles. The van der Waals surface area contributed by atoms with Gasteiger partial charge in [0.2, 0.25) is 0 Å². The van der Waals surface area contributed by atoms with Crippen LogP contribution >= 0.6 is 11.6 Å². The molecule has 0 aromatic heterocycles. The van der Waals surface area contributed by atoms with E-state index in [9.17, 15) is 9.90 Å². The molecule has 0 radical (unpaired) electrons. The molecule has 0 saturated carbocycles. The normalized spacial score (nSPS) is 14.8. The Bertz CT molecular complexity index is 253. The molecule has 0 fully saturated rings. The van der Waals surface area contributed by atoms with E-state index in [1.807, 2.05) is 13.0 Å². The second-order valence-corrected chi connectivity index (χ2v) is 5.04. The molecule has 0 amide bonds. The van der Waals surface area contributed by atoms with Crippen LogP contribution in [-0.2, 0) is 9.53 Å². The summed E-state index contributed by atoms with van der Waals surface area (Å²) in [6, 6.07) is 0. The van der Waals surface area contributed by atoms with Crippen molar-refractivity contribution in [1.82, 2.24) is 0 Å². The molecule has 16 heavy (non-hydrogen) atoms. The van der Waals surface area contributed by atoms with E-state index in [1.165, 1.54) is 6.92 Å². The Morgan fingerprint density at radius 1 is 1.50 bits per heavy atom. The predicted octanol–water partition coefficient (Wildman–Crippen LogP) is 2.65. The van der Waals surface area contributed by atoms with Gasteiger partial charge in [-0.05, 0) is 39.7 Å². The standard InChI is InChI=1S/C12H21ClO3/c1-9(7-8-16-10(2)14)5-6-11(13)12(3,4)15/h7,11,15H,5-6,8H2,1-4H3/b9-7+. The van der Waals surface area contributed by atoms with Crippen LogP contribution in [0.5, 0.6) is 0 Å². The van der Waals surface area contributed by atoms with E-state index in [4.69, 9.17) is 16.3 Å². The minimum Gasteiger partial charge on any atom is -0.462 e. The van der Waals surface area contributed by atoms with E-state index in [2.05, 4.69) is 0 Å². The lowest BCUT2D eigenvalue weighted by molar-refractivity contribution is -0.139. The molecule has 0 spiro atoms. The summed E-state index contributed by atoms with van der Waals surface area (Å²) >= 11 is 6.02. The number of ether oxygens (including phenoxy) is 1. The molecule has 3 nitrogen and oxygen atoms in total. The Balaban J connectivity index is 3.88. The molecule has 1 N–H and O–H groups in total. The van der Waals surface area contributed by atoms with E-state index < -0.39 is 5.60 Å². The number of allylic oxidation sites excluding steroid dienone is 1. The summed E-state index contributed by atoms with van der Waals surface area (Å²) in [6.07, 6.45) is 3.35. The lowest BCUT2D eigenvalue weighted by Crippen LogP contribution is -2.31. The maximum absolute atomic E-state index is 10.5. The van der Waals surface area contributed by atoms with Gasteiger partial charge in [-0.2, -0.15) is 0 Å². The van der Waals surface area contributed by atoms with Crippen LogP contribution in [0.4, 0.5) is 0 Å². The molecule has 0 aromatic rings. The fourth-order valence-corrected chi connectivity index (χ4v) is 1.22. The maximum atomic E-state index is 10.5. The van der Waals surface area contributed by atoms with Crippen LogP contribution < -0.4 is 0 Å². The van der Waals surface area contributed by atoms with Gasteiger partial charge in [0, 0.05) is 6.92 Å². The summed E-state index contributed by atoms with van der Waals surface area (Å²) in [5, 5.41) is 9.35. The molecule has 0 bridgehead atoms. The van der Waals surface area contributed by atoms with Crippen molar-refractivity contribution < 1.29 is 14.6 Å². The molecular weight excluding hydrogens is 228 g/mol. The molecule has 0 aliphatic heterocycles. The van der Waals surface area contributed by atoms with Crippen LogP contribution in [-0.4, -0.2) is 28.7 Å². The highest BCUT2D eigenvalue weighted by molar-refractivity contribution is 6.21. The monoisotopic (exact) mass is 248 g/mol. The summed E-state index contributed by atoms with van der Waals surface area (Å²) in [5.41, 5.74) is 0.244. The van der Waals surface area contributed by atoms with Gasteiger partial charge in [0.1, 0.15) is 6.61 Å². The van der Waals surface area contributed by atoms with Gasteiger partial charge < -0.3 is 9.84 Å². The highest BCUT2D eigenvalue weighted by atomic mass is 35.5.